The molecule has 2 heteroatoms. The molecule has 1 unspecified atom stereocenters. The minimum absolute atomic E-state index is 0.0425. The van der Waals surface area contributed by atoms with Gasteiger partial charge in [0.1, 0.15) is 11.5 Å². The summed E-state index contributed by atoms with van der Waals surface area (Å²) in [5.41, 5.74) is 2.00. The molecule has 0 bridgehead atoms. The summed E-state index contributed by atoms with van der Waals surface area (Å²) < 4.78 is 0. The zero-order valence-electron chi connectivity index (χ0n) is 10.5. The van der Waals surface area contributed by atoms with E-state index < -0.39 is 0 Å². The first-order valence-corrected chi connectivity index (χ1v) is 6.08. The third-order valence-electron chi connectivity index (χ3n) is 2.90. The number of rotatable bonds is 4. The van der Waals surface area contributed by atoms with Crippen molar-refractivity contribution in [1.29, 1.82) is 0 Å². The summed E-state index contributed by atoms with van der Waals surface area (Å²) in [7, 11) is 0. The monoisotopic (exact) mass is 252 g/mol. The lowest BCUT2D eigenvalue weighted by atomic mass is 9.97. The highest BCUT2D eigenvalue weighted by Crippen LogP contribution is 2.23. The highest BCUT2D eigenvalue weighted by Gasteiger charge is 2.03. The van der Waals surface area contributed by atoms with Crippen molar-refractivity contribution in [3.8, 4) is 11.5 Å². The zero-order chi connectivity index (χ0) is 13.7. The number of allylic oxidation sites excluding steroid dienone is 2. The lowest BCUT2D eigenvalue weighted by Gasteiger charge is -2.08. The second-order valence-corrected chi connectivity index (χ2v) is 4.31. The Kier molecular flexibility index (Phi) is 4.04. The molecule has 0 aliphatic carbocycles. The molecule has 2 aromatic rings. The quantitative estimate of drug-likeness (QED) is 0.805. The zero-order valence-corrected chi connectivity index (χ0v) is 10.5. The summed E-state index contributed by atoms with van der Waals surface area (Å²) in [6, 6.07) is 14.1. The minimum atomic E-state index is 0.0425. The first kappa shape index (κ1) is 13.0. The van der Waals surface area contributed by atoms with Crippen LogP contribution in [0.3, 0.4) is 0 Å². The Balaban J connectivity index is 2.19. The molecule has 19 heavy (non-hydrogen) atoms. The van der Waals surface area contributed by atoms with Gasteiger partial charge in [0.25, 0.3) is 0 Å². The normalized spacial score (nSPS) is 12.4. The van der Waals surface area contributed by atoms with Gasteiger partial charge in [0.15, 0.2) is 0 Å². The maximum Gasteiger partial charge on any atom is 0.115 e. The van der Waals surface area contributed by atoms with Gasteiger partial charge in [-0.05, 0) is 35.4 Å². The Morgan fingerprint density at radius 3 is 2.32 bits per heavy atom. The SMILES string of the molecule is C=CC(/C=C/c1ccc(O)cc1)c1cccc(O)c1. The van der Waals surface area contributed by atoms with Crippen molar-refractivity contribution in [3.05, 3.63) is 78.4 Å². The summed E-state index contributed by atoms with van der Waals surface area (Å²) in [5.74, 6) is 0.550. The third kappa shape index (κ3) is 3.49. The van der Waals surface area contributed by atoms with Crippen LogP contribution in [0.1, 0.15) is 17.0 Å². The Bertz CT molecular complexity index is 582. The molecule has 0 fully saturated rings. The molecule has 1 atom stereocenters. The van der Waals surface area contributed by atoms with Crippen molar-refractivity contribution < 1.29 is 10.2 Å². The van der Waals surface area contributed by atoms with E-state index in [-0.39, 0.29) is 17.4 Å². The van der Waals surface area contributed by atoms with E-state index in [2.05, 4.69) is 6.58 Å². The molecule has 0 aromatic heterocycles. The van der Waals surface area contributed by atoms with Gasteiger partial charge in [0.2, 0.25) is 0 Å². The van der Waals surface area contributed by atoms with Gasteiger partial charge in [-0.3, -0.25) is 0 Å². The molecule has 0 saturated heterocycles. The van der Waals surface area contributed by atoms with Crippen molar-refractivity contribution in [2.24, 2.45) is 0 Å². The number of aromatic hydroxyl groups is 2. The van der Waals surface area contributed by atoms with Gasteiger partial charge < -0.3 is 10.2 Å². The molecule has 96 valence electrons. The van der Waals surface area contributed by atoms with Gasteiger partial charge >= 0.3 is 0 Å². The van der Waals surface area contributed by atoms with E-state index in [0.29, 0.717) is 0 Å². The van der Waals surface area contributed by atoms with Gasteiger partial charge in [0.05, 0.1) is 0 Å². The van der Waals surface area contributed by atoms with Crippen LogP contribution in [0.15, 0.2) is 67.3 Å². The predicted molar refractivity (Wildman–Crippen MR) is 78.2 cm³/mol. The van der Waals surface area contributed by atoms with Crippen molar-refractivity contribution in [2.45, 2.75) is 5.92 Å². The number of hydrogen-bond acceptors (Lipinski definition) is 2. The van der Waals surface area contributed by atoms with Crippen LogP contribution in [0, 0.1) is 0 Å². The predicted octanol–water partition coefficient (Wildman–Crippen LogP) is 4.08. The second kappa shape index (κ2) is 5.91. The minimum Gasteiger partial charge on any atom is -0.508 e. The molecule has 0 heterocycles. The maximum absolute atomic E-state index is 9.49. The fourth-order valence-electron chi connectivity index (χ4n) is 1.86. The molecule has 0 aliphatic heterocycles. The van der Waals surface area contributed by atoms with Crippen molar-refractivity contribution in [1.82, 2.24) is 0 Å². The summed E-state index contributed by atoms with van der Waals surface area (Å²) in [5, 5.41) is 18.7. The van der Waals surface area contributed by atoms with Crippen LogP contribution in [0.4, 0.5) is 0 Å². The average molecular weight is 252 g/mol. The van der Waals surface area contributed by atoms with E-state index >= 15 is 0 Å². The van der Waals surface area contributed by atoms with E-state index in [1.807, 2.05) is 42.5 Å². The summed E-state index contributed by atoms with van der Waals surface area (Å²) in [4.78, 5) is 0. The number of phenols is 2. The number of benzene rings is 2. The van der Waals surface area contributed by atoms with Crippen molar-refractivity contribution in [2.75, 3.05) is 0 Å². The van der Waals surface area contributed by atoms with Crippen LogP contribution in [-0.4, -0.2) is 10.2 Å². The fourth-order valence-corrected chi connectivity index (χ4v) is 1.86. The Labute approximate surface area is 113 Å². The molecule has 2 rings (SSSR count). The Morgan fingerprint density at radius 1 is 0.947 bits per heavy atom. The van der Waals surface area contributed by atoms with Gasteiger partial charge in [-0.1, -0.05) is 42.5 Å². The van der Waals surface area contributed by atoms with E-state index in [0.717, 1.165) is 11.1 Å². The topological polar surface area (TPSA) is 40.5 Å². The molecule has 0 aliphatic rings. The average Bonchev–Trinajstić information content (AvgIpc) is 2.42. The number of phenolic OH excluding ortho intramolecular Hbond substituents is 2. The first-order chi connectivity index (χ1) is 9.19. The summed E-state index contributed by atoms with van der Waals surface area (Å²) >= 11 is 0. The second-order valence-electron chi connectivity index (χ2n) is 4.31. The first-order valence-electron chi connectivity index (χ1n) is 6.08. The fraction of sp³-hybridized carbons (Fsp3) is 0.0588. The van der Waals surface area contributed by atoms with E-state index in [9.17, 15) is 10.2 Å². The van der Waals surface area contributed by atoms with Gasteiger partial charge in [-0.2, -0.15) is 0 Å². The highest BCUT2D eigenvalue weighted by molar-refractivity contribution is 5.53. The molecule has 0 radical (unpaired) electrons. The van der Waals surface area contributed by atoms with Crippen molar-refractivity contribution >= 4 is 6.08 Å². The molecule has 2 nitrogen and oxygen atoms in total. The standard InChI is InChI=1S/C17H16O2/c1-2-14(15-4-3-5-17(19)12-15)9-6-13-7-10-16(18)11-8-13/h2-12,14,18-19H,1H2/b9-6+. The summed E-state index contributed by atoms with van der Waals surface area (Å²) in [6.07, 6.45) is 5.80. The highest BCUT2D eigenvalue weighted by atomic mass is 16.3. The van der Waals surface area contributed by atoms with Gasteiger partial charge in [0, 0.05) is 5.92 Å². The lowest BCUT2D eigenvalue weighted by molar-refractivity contribution is 0.474. The van der Waals surface area contributed by atoms with Crippen LogP contribution in [0.25, 0.3) is 6.08 Å². The molecule has 0 saturated carbocycles. The van der Waals surface area contributed by atoms with E-state index in [1.54, 1.807) is 24.3 Å². The van der Waals surface area contributed by atoms with Crippen LogP contribution in [-0.2, 0) is 0 Å². The smallest absolute Gasteiger partial charge is 0.115 e. The molecule has 0 amide bonds. The largest absolute Gasteiger partial charge is 0.508 e. The molecular weight excluding hydrogens is 236 g/mol. The number of hydrogen-bond donors (Lipinski definition) is 2. The van der Waals surface area contributed by atoms with Crippen LogP contribution < -0.4 is 0 Å². The third-order valence-corrected chi connectivity index (χ3v) is 2.90. The van der Waals surface area contributed by atoms with Crippen molar-refractivity contribution in [3.63, 3.8) is 0 Å². The molecular formula is C17H16O2. The van der Waals surface area contributed by atoms with Gasteiger partial charge in [-0.25, -0.2) is 0 Å². The Morgan fingerprint density at radius 2 is 1.68 bits per heavy atom. The van der Waals surface area contributed by atoms with E-state index in [1.165, 1.54) is 0 Å². The summed E-state index contributed by atoms with van der Waals surface area (Å²) in [6.45, 7) is 3.82. The Hall–Kier alpha value is -2.48. The molecule has 2 aromatic carbocycles. The van der Waals surface area contributed by atoms with Crippen LogP contribution in [0.5, 0.6) is 11.5 Å². The van der Waals surface area contributed by atoms with Gasteiger partial charge in [-0.15, -0.1) is 6.58 Å². The molecule has 2 N–H and O–H groups in total. The van der Waals surface area contributed by atoms with Crippen LogP contribution >= 0.6 is 0 Å². The van der Waals surface area contributed by atoms with E-state index in [4.69, 9.17) is 0 Å². The maximum atomic E-state index is 9.49. The molecule has 0 spiro atoms. The lowest BCUT2D eigenvalue weighted by Crippen LogP contribution is -1.89. The van der Waals surface area contributed by atoms with Crippen LogP contribution in [0.2, 0.25) is 0 Å².